The van der Waals surface area contributed by atoms with Crippen molar-refractivity contribution in [3.05, 3.63) is 28.8 Å². The zero-order chi connectivity index (χ0) is 19.8. The molecular weight excluding hydrogens is 338 g/mol. The van der Waals surface area contributed by atoms with Crippen LogP contribution in [-0.2, 0) is 11.2 Å². The molecule has 1 saturated carbocycles. The molecule has 1 aromatic carbocycles. The van der Waals surface area contributed by atoms with Crippen LogP contribution in [0.15, 0.2) is 12.1 Å². The number of Topliss-reactive ketones (excluding diaryl/α,β-unsaturated/α-hetero) is 1. The van der Waals surface area contributed by atoms with Crippen molar-refractivity contribution in [2.75, 3.05) is 0 Å². The second-order valence-electron chi connectivity index (χ2n) is 8.66. The molecule has 1 aromatic rings. The number of carbonyl (C=O) groups is 2. The van der Waals surface area contributed by atoms with Gasteiger partial charge in [-0.2, -0.15) is 0 Å². The summed E-state index contributed by atoms with van der Waals surface area (Å²) in [7, 11) is 0. The maximum atomic E-state index is 13.5. The van der Waals surface area contributed by atoms with E-state index in [1.807, 2.05) is 32.9 Å². The van der Waals surface area contributed by atoms with Gasteiger partial charge in [0.25, 0.3) is 5.91 Å². The number of nitrogens with zero attached hydrogens (tertiary/aromatic N) is 1. The summed E-state index contributed by atoms with van der Waals surface area (Å²) in [6.45, 7) is 9.99. The molecule has 0 N–H and O–H groups in total. The summed E-state index contributed by atoms with van der Waals surface area (Å²) in [5.74, 6) is 0.933. The zero-order valence-electron chi connectivity index (χ0n) is 17.4. The van der Waals surface area contributed by atoms with E-state index >= 15 is 0 Å². The lowest BCUT2D eigenvalue weighted by Crippen LogP contribution is -2.46. The predicted octanol–water partition coefficient (Wildman–Crippen LogP) is 4.85. The molecule has 0 saturated heterocycles. The molecule has 3 rings (SSSR count). The summed E-state index contributed by atoms with van der Waals surface area (Å²) in [5.41, 5.74) is 1.72. The molecule has 1 fully saturated rings. The summed E-state index contributed by atoms with van der Waals surface area (Å²) in [5, 5.41) is 0. The zero-order valence-corrected chi connectivity index (χ0v) is 17.4. The monoisotopic (exact) mass is 371 g/mol. The molecule has 1 aliphatic heterocycles. The van der Waals surface area contributed by atoms with Crippen molar-refractivity contribution in [2.45, 2.75) is 97.2 Å². The van der Waals surface area contributed by atoms with E-state index in [1.165, 1.54) is 19.3 Å². The van der Waals surface area contributed by atoms with Crippen LogP contribution in [0.1, 0.15) is 87.7 Å². The van der Waals surface area contributed by atoms with Gasteiger partial charge in [0.15, 0.2) is 11.4 Å². The van der Waals surface area contributed by atoms with Gasteiger partial charge in [-0.15, -0.1) is 0 Å². The first kappa shape index (κ1) is 19.9. The highest BCUT2D eigenvalue weighted by Crippen LogP contribution is 2.36. The van der Waals surface area contributed by atoms with E-state index in [2.05, 4.69) is 18.7 Å². The molecular formula is C23H33NO3. The SMILES string of the molecule is CCC1(C)Oc2cc(C)c(C(=O)N(C(C)C)C3CCCCC3)cc2CC1=O. The summed E-state index contributed by atoms with van der Waals surface area (Å²) in [6, 6.07) is 4.33. The Balaban J connectivity index is 1.93. The highest BCUT2D eigenvalue weighted by Gasteiger charge is 2.39. The van der Waals surface area contributed by atoms with E-state index in [1.54, 1.807) is 0 Å². The summed E-state index contributed by atoms with van der Waals surface area (Å²) in [4.78, 5) is 28.1. The Morgan fingerprint density at radius 3 is 2.52 bits per heavy atom. The summed E-state index contributed by atoms with van der Waals surface area (Å²) < 4.78 is 6.05. The van der Waals surface area contributed by atoms with E-state index < -0.39 is 5.60 Å². The van der Waals surface area contributed by atoms with E-state index in [0.717, 1.165) is 29.7 Å². The summed E-state index contributed by atoms with van der Waals surface area (Å²) in [6.07, 6.45) is 6.82. The second-order valence-corrected chi connectivity index (χ2v) is 8.66. The molecule has 1 aliphatic carbocycles. The van der Waals surface area contributed by atoms with Gasteiger partial charge >= 0.3 is 0 Å². The quantitative estimate of drug-likeness (QED) is 0.760. The van der Waals surface area contributed by atoms with Crippen LogP contribution in [0.2, 0.25) is 0 Å². The highest BCUT2D eigenvalue weighted by atomic mass is 16.5. The third-order valence-electron chi connectivity index (χ3n) is 6.35. The van der Waals surface area contributed by atoms with Gasteiger partial charge in [-0.1, -0.05) is 26.2 Å². The normalized spacial score (nSPS) is 23.1. The molecule has 0 bridgehead atoms. The fourth-order valence-electron chi connectivity index (χ4n) is 4.44. The lowest BCUT2D eigenvalue weighted by molar-refractivity contribution is -0.134. The largest absolute Gasteiger partial charge is 0.479 e. The molecule has 1 amide bonds. The molecule has 1 heterocycles. The minimum Gasteiger partial charge on any atom is -0.479 e. The number of rotatable bonds is 4. The van der Waals surface area contributed by atoms with Crippen molar-refractivity contribution in [2.24, 2.45) is 0 Å². The Bertz CT molecular complexity index is 733. The maximum Gasteiger partial charge on any atom is 0.254 e. The van der Waals surface area contributed by atoms with Crippen LogP contribution in [0.25, 0.3) is 0 Å². The van der Waals surface area contributed by atoms with Crippen LogP contribution < -0.4 is 4.74 Å². The van der Waals surface area contributed by atoms with E-state index in [0.29, 0.717) is 24.4 Å². The van der Waals surface area contributed by atoms with Gasteiger partial charge in [0, 0.05) is 29.6 Å². The van der Waals surface area contributed by atoms with Crippen LogP contribution in [0.4, 0.5) is 0 Å². The second kappa shape index (κ2) is 7.65. The van der Waals surface area contributed by atoms with Crippen LogP contribution in [0.5, 0.6) is 5.75 Å². The fraction of sp³-hybridized carbons (Fsp3) is 0.652. The maximum absolute atomic E-state index is 13.5. The van der Waals surface area contributed by atoms with Crippen LogP contribution >= 0.6 is 0 Å². The number of hydrogen-bond donors (Lipinski definition) is 0. The van der Waals surface area contributed by atoms with Gasteiger partial charge in [-0.25, -0.2) is 0 Å². The Hall–Kier alpha value is -1.84. The number of amides is 1. The number of hydrogen-bond acceptors (Lipinski definition) is 3. The van der Waals surface area contributed by atoms with Gasteiger partial charge in [0.1, 0.15) is 5.75 Å². The van der Waals surface area contributed by atoms with Gasteiger partial charge in [-0.05, 0) is 64.7 Å². The molecule has 0 spiro atoms. The average molecular weight is 372 g/mol. The van der Waals surface area contributed by atoms with Gasteiger partial charge in [-0.3, -0.25) is 9.59 Å². The standard InChI is InChI=1S/C23H33NO3/c1-6-23(5)21(25)14-17-13-19(16(4)12-20(17)27-23)22(26)24(15(2)3)18-10-8-7-9-11-18/h12-13,15,18H,6-11,14H2,1-5H3. The minimum absolute atomic E-state index is 0.0905. The van der Waals surface area contributed by atoms with E-state index in [9.17, 15) is 9.59 Å². The lowest BCUT2D eigenvalue weighted by Gasteiger charge is -2.38. The Morgan fingerprint density at radius 1 is 1.26 bits per heavy atom. The Labute approximate surface area is 163 Å². The lowest BCUT2D eigenvalue weighted by atomic mass is 9.87. The molecule has 0 radical (unpaired) electrons. The first-order valence-electron chi connectivity index (χ1n) is 10.5. The predicted molar refractivity (Wildman–Crippen MR) is 107 cm³/mol. The van der Waals surface area contributed by atoms with Crippen molar-refractivity contribution < 1.29 is 14.3 Å². The first-order valence-corrected chi connectivity index (χ1v) is 10.5. The molecule has 1 atom stereocenters. The molecule has 2 aliphatic rings. The van der Waals surface area contributed by atoms with Crippen LogP contribution in [-0.4, -0.2) is 34.3 Å². The Kier molecular flexibility index (Phi) is 5.64. The first-order chi connectivity index (χ1) is 12.8. The van der Waals surface area contributed by atoms with Gasteiger partial charge in [0.05, 0.1) is 0 Å². The minimum atomic E-state index is -0.753. The topological polar surface area (TPSA) is 46.6 Å². The van der Waals surface area contributed by atoms with Crippen molar-refractivity contribution in [3.8, 4) is 5.75 Å². The molecule has 4 nitrogen and oxygen atoms in total. The van der Waals surface area contributed by atoms with Crippen molar-refractivity contribution in [1.29, 1.82) is 0 Å². The number of carbonyl (C=O) groups excluding carboxylic acids is 2. The smallest absolute Gasteiger partial charge is 0.254 e. The average Bonchev–Trinajstić information content (AvgIpc) is 2.63. The van der Waals surface area contributed by atoms with Crippen molar-refractivity contribution in [1.82, 2.24) is 4.90 Å². The van der Waals surface area contributed by atoms with Crippen LogP contribution in [0.3, 0.4) is 0 Å². The van der Waals surface area contributed by atoms with Gasteiger partial charge < -0.3 is 9.64 Å². The van der Waals surface area contributed by atoms with E-state index in [-0.39, 0.29) is 17.7 Å². The van der Waals surface area contributed by atoms with Gasteiger partial charge in [0.2, 0.25) is 0 Å². The molecule has 1 unspecified atom stereocenters. The molecule has 27 heavy (non-hydrogen) atoms. The fourth-order valence-corrected chi connectivity index (χ4v) is 4.44. The number of aryl methyl sites for hydroxylation is 1. The summed E-state index contributed by atoms with van der Waals surface area (Å²) >= 11 is 0. The number of fused-ring (bicyclic) bond motifs is 1. The molecule has 0 aromatic heterocycles. The van der Waals surface area contributed by atoms with E-state index in [4.69, 9.17) is 4.74 Å². The highest BCUT2D eigenvalue weighted by molar-refractivity contribution is 5.98. The molecule has 148 valence electrons. The third kappa shape index (κ3) is 3.76. The number of ether oxygens (including phenoxy) is 1. The van der Waals surface area contributed by atoms with Crippen molar-refractivity contribution in [3.63, 3.8) is 0 Å². The van der Waals surface area contributed by atoms with Crippen LogP contribution in [0, 0.1) is 6.92 Å². The molecule has 4 heteroatoms. The Morgan fingerprint density at radius 2 is 1.93 bits per heavy atom. The number of benzene rings is 1. The third-order valence-corrected chi connectivity index (χ3v) is 6.35. The number of ketones is 1. The van der Waals surface area contributed by atoms with Crippen molar-refractivity contribution >= 4 is 11.7 Å².